The van der Waals surface area contributed by atoms with Crippen molar-refractivity contribution in [1.82, 2.24) is 24.6 Å². The highest BCUT2D eigenvalue weighted by molar-refractivity contribution is 6.30. The first-order valence-electron chi connectivity index (χ1n) is 10.7. The zero-order chi connectivity index (χ0) is 22.1. The number of aromatic nitrogens is 3. The van der Waals surface area contributed by atoms with Crippen LogP contribution in [0.1, 0.15) is 15.9 Å². The summed E-state index contributed by atoms with van der Waals surface area (Å²) < 4.78 is 1.71. The van der Waals surface area contributed by atoms with Crippen LogP contribution in [0.5, 0.6) is 0 Å². The van der Waals surface area contributed by atoms with Crippen molar-refractivity contribution in [2.75, 3.05) is 26.2 Å². The Balaban J connectivity index is 1.39. The molecular formula is C25H24ClN5O. The molecule has 5 rings (SSSR count). The lowest BCUT2D eigenvalue weighted by molar-refractivity contribution is 0.0630. The average molecular weight is 446 g/mol. The highest BCUT2D eigenvalue weighted by Crippen LogP contribution is 2.27. The molecule has 1 saturated heterocycles. The van der Waals surface area contributed by atoms with Gasteiger partial charge >= 0.3 is 0 Å². The smallest absolute Gasteiger partial charge is 0.254 e. The number of halogens is 1. The van der Waals surface area contributed by atoms with Gasteiger partial charge in [-0.15, -0.1) is 0 Å². The second-order valence-electron chi connectivity index (χ2n) is 8.12. The Labute approximate surface area is 192 Å². The number of carbonyl (C=O) groups excluding carboxylic acids is 1. The van der Waals surface area contributed by atoms with Crippen molar-refractivity contribution in [1.29, 1.82) is 0 Å². The predicted octanol–water partition coefficient (Wildman–Crippen LogP) is 4.25. The van der Waals surface area contributed by atoms with Crippen LogP contribution in [0.4, 0.5) is 0 Å². The molecule has 162 valence electrons. The number of carbonyl (C=O) groups is 1. The Bertz CT molecular complexity index is 1240. The van der Waals surface area contributed by atoms with Crippen molar-refractivity contribution in [2.45, 2.75) is 6.54 Å². The minimum atomic E-state index is 0.0278. The Morgan fingerprint density at radius 1 is 1.00 bits per heavy atom. The molecule has 0 unspecified atom stereocenters. The second kappa shape index (κ2) is 8.73. The van der Waals surface area contributed by atoms with Crippen LogP contribution in [0.3, 0.4) is 0 Å². The zero-order valence-electron chi connectivity index (χ0n) is 17.9. The van der Waals surface area contributed by atoms with E-state index in [1.54, 1.807) is 10.9 Å². The first kappa shape index (κ1) is 20.7. The molecule has 1 amide bonds. The molecule has 0 saturated carbocycles. The van der Waals surface area contributed by atoms with E-state index in [9.17, 15) is 4.79 Å². The molecule has 7 heteroatoms. The van der Waals surface area contributed by atoms with Gasteiger partial charge in [-0.1, -0.05) is 54.1 Å². The molecular weight excluding hydrogens is 422 g/mol. The van der Waals surface area contributed by atoms with Crippen LogP contribution in [-0.4, -0.2) is 56.7 Å². The summed E-state index contributed by atoms with van der Waals surface area (Å²) in [6.07, 6.45) is 1.73. The molecule has 0 atom stereocenters. The number of benzene rings is 2. The average Bonchev–Trinajstić information content (AvgIpc) is 3.20. The van der Waals surface area contributed by atoms with Crippen molar-refractivity contribution in [3.8, 4) is 11.3 Å². The molecule has 0 N–H and O–H groups in total. The van der Waals surface area contributed by atoms with Gasteiger partial charge in [0.05, 0.1) is 22.8 Å². The van der Waals surface area contributed by atoms with Gasteiger partial charge in [0.15, 0.2) is 5.65 Å². The number of fused-ring (bicyclic) bond motifs is 1. The number of rotatable bonds is 4. The number of hydrogen-bond acceptors (Lipinski definition) is 4. The zero-order valence-corrected chi connectivity index (χ0v) is 18.7. The lowest BCUT2D eigenvalue weighted by atomic mass is 10.1. The number of amides is 1. The summed E-state index contributed by atoms with van der Waals surface area (Å²) in [5.41, 5.74) is 4.29. The van der Waals surface area contributed by atoms with Gasteiger partial charge in [0, 0.05) is 50.4 Å². The van der Waals surface area contributed by atoms with Crippen LogP contribution in [0.25, 0.3) is 22.3 Å². The van der Waals surface area contributed by atoms with Crippen LogP contribution >= 0.6 is 11.6 Å². The van der Waals surface area contributed by atoms with E-state index >= 15 is 0 Å². The van der Waals surface area contributed by atoms with E-state index in [-0.39, 0.29) is 5.91 Å². The summed E-state index contributed by atoms with van der Waals surface area (Å²) in [6, 6.07) is 19.8. The summed E-state index contributed by atoms with van der Waals surface area (Å²) in [6.45, 7) is 4.02. The normalized spacial score (nSPS) is 14.8. The molecule has 2 aromatic heterocycles. The Hall–Kier alpha value is -3.22. The van der Waals surface area contributed by atoms with Crippen LogP contribution in [-0.2, 0) is 13.6 Å². The van der Waals surface area contributed by atoms with E-state index in [1.807, 2.05) is 48.3 Å². The maximum Gasteiger partial charge on any atom is 0.254 e. The van der Waals surface area contributed by atoms with Gasteiger partial charge in [-0.2, -0.15) is 5.10 Å². The van der Waals surface area contributed by atoms with Crippen molar-refractivity contribution in [3.63, 3.8) is 0 Å². The number of pyridine rings is 1. The molecule has 1 aliphatic rings. The minimum absolute atomic E-state index is 0.0278. The fraction of sp³-hybridized carbons (Fsp3) is 0.240. The van der Waals surface area contributed by atoms with E-state index in [0.717, 1.165) is 36.3 Å². The third-order valence-corrected chi connectivity index (χ3v) is 6.24. The summed E-state index contributed by atoms with van der Waals surface area (Å²) in [7, 11) is 1.84. The summed E-state index contributed by atoms with van der Waals surface area (Å²) in [5.74, 6) is 0.0278. The number of piperazine rings is 1. The van der Waals surface area contributed by atoms with Gasteiger partial charge in [-0.05, 0) is 23.8 Å². The lowest BCUT2D eigenvalue weighted by Gasteiger charge is -2.35. The Morgan fingerprint density at radius 3 is 2.44 bits per heavy atom. The van der Waals surface area contributed by atoms with Gasteiger partial charge < -0.3 is 4.90 Å². The molecule has 0 bridgehead atoms. The highest BCUT2D eigenvalue weighted by Gasteiger charge is 2.25. The fourth-order valence-electron chi connectivity index (χ4n) is 4.18. The fourth-order valence-corrected chi connectivity index (χ4v) is 4.31. The maximum atomic E-state index is 13.5. The Morgan fingerprint density at radius 2 is 1.72 bits per heavy atom. The predicted molar refractivity (Wildman–Crippen MR) is 127 cm³/mol. The van der Waals surface area contributed by atoms with Gasteiger partial charge in [0.2, 0.25) is 0 Å². The van der Waals surface area contributed by atoms with Crippen LogP contribution in [0.2, 0.25) is 5.02 Å². The van der Waals surface area contributed by atoms with E-state index in [4.69, 9.17) is 16.6 Å². The summed E-state index contributed by atoms with van der Waals surface area (Å²) in [4.78, 5) is 22.6. The number of nitrogens with zero attached hydrogens (tertiary/aromatic N) is 5. The SMILES string of the molecule is Cn1ncc2c(C(=O)N3CCN(Cc4ccccc4)CC3)cc(-c3ccc(Cl)cc3)nc21. The molecule has 3 heterocycles. The minimum Gasteiger partial charge on any atom is -0.336 e. The van der Waals surface area contributed by atoms with Gasteiger partial charge in [0.1, 0.15) is 0 Å². The first-order chi connectivity index (χ1) is 15.6. The molecule has 6 nitrogen and oxygen atoms in total. The van der Waals surface area contributed by atoms with Crippen LogP contribution in [0, 0.1) is 0 Å². The topological polar surface area (TPSA) is 54.3 Å². The van der Waals surface area contributed by atoms with Gasteiger partial charge in [-0.3, -0.25) is 14.4 Å². The van der Waals surface area contributed by atoms with E-state index in [1.165, 1.54) is 5.56 Å². The molecule has 2 aromatic carbocycles. The third-order valence-electron chi connectivity index (χ3n) is 5.98. The van der Waals surface area contributed by atoms with Crippen molar-refractivity contribution < 1.29 is 4.79 Å². The summed E-state index contributed by atoms with van der Waals surface area (Å²) >= 11 is 6.05. The number of hydrogen-bond donors (Lipinski definition) is 0. The van der Waals surface area contributed by atoms with E-state index in [2.05, 4.69) is 34.3 Å². The van der Waals surface area contributed by atoms with Crippen molar-refractivity contribution >= 4 is 28.5 Å². The summed E-state index contributed by atoms with van der Waals surface area (Å²) in [5, 5.41) is 5.79. The molecule has 1 fully saturated rings. The molecule has 4 aromatic rings. The standard InChI is InChI=1S/C25H24ClN5O/c1-29-24-22(16-27-29)21(15-23(28-24)19-7-9-20(26)10-8-19)25(32)31-13-11-30(12-14-31)17-18-5-3-2-4-6-18/h2-10,15-16H,11-14,17H2,1H3. The monoisotopic (exact) mass is 445 g/mol. The largest absolute Gasteiger partial charge is 0.336 e. The molecule has 1 aliphatic heterocycles. The van der Waals surface area contributed by atoms with Crippen molar-refractivity contribution in [3.05, 3.63) is 83.0 Å². The second-order valence-corrected chi connectivity index (χ2v) is 8.56. The quantitative estimate of drug-likeness (QED) is 0.471. The lowest BCUT2D eigenvalue weighted by Crippen LogP contribution is -2.48. The first-order valence-corrected chi connectivity index (χ1v) is 11.1. The van der Waals surface area contributed by atoms with E-state index < -0.39 is 0 Å². The van der Waals surface area contributed by atoms with Gasteiger partial charge in [0.25, 0.3) is 5.91 Å². The third kappa shape index (κ3) is 4.11. The molecule has 0 radical (unpaired) electrons. The van der Waals surface area contributed by atoms with Crippen LogP contribution in [0.15, 0.2) is 66.9 Å². The highest BCUT2D eigenvalue weighted by atomic mass is 35.5. The molecule has 0 spiro atoms. The van der Waals surface area contributed by atoms with E-state index in [0.29, 0.717) is 29.3 Å². The maximum absolute atomic E-state index is 13.5. The van der Waals surface area contributed by atoms with Crippen molar-refractivity contribution in [2.24, 2.45) is 7.05 Å². The molecule has 32 heavy (non-hydrogen) atoms. The molecule has 0 aliphatic carbocycles. The Kier molecular flexibility index (Phi) is 5.64. The van der Waals surface area contributed by atoms with Crippen LogP contribution < -0.4 is 0 Å². The number of aryl methyl sites for hydroxylation is 1. The van der Waals surface area contributed by atoms with Gasteiger partial charge in [-0.25, -0.2) is 4.98 Å².